The van der Waals surface area contributed by atoms with Gasteiger partial charge in [-0.15, -0.1) is 5.10 Å². The maximum absolute atomic E-state index is 12.6. The Labute approximate surface area is 217 Å². The average molecular weight is 528 g/mol. The van der Waals surface area contributed by atoms with Gasteiger partial charge >= 0.3 is 12.1 Å². The van der Waals surface area contributed by atoms with E-state index < -0.39 is 23.8 Å². The molecule has 3 fully saturated rings. The number of carbonyl (C=O) groups excluding carboxylic acids is 2. The highest BCUT2D eigenvalue weighted by Gasteiger charge is 2.72. The van der Waals surface area contributed by atoms with Crippen LogP contribution in [0.2, 0.25) is 5.15 Å². The zero-order chi connectivity index (χ0) is 26.4. The van der Waals surface area contributed by atoms with Gasteiger partial charge in [0, 0.05) is 36.1 Å². The van der Waals surface area contributed by atoms with Crippen LogP contribution in [0.15, 0.2) is 36.7 Å². The third-order valence-electron chi connectivity index (χ3n) is 6.99. The summed E-state index contributed by atoms with van der Waals surface area (Å²) in [5.74, 6) is 0.0969. The number of hydrogen-bond donors (Lipinski definition) is 3. The molecule has 0 aromatic carbocycles. The van der Waals surface area contributed by atoms with Crippen LogP contribution in [0.3, 0.4) is 0 Å². The molecule has 3 aromatic heterocycles. The number of nitrogens with one attached hydrogen (secondary N) is 2. The summed E-state index contributed by atoms with van der Waals surface area (Å²) in [6.07, 6.45) is 2.70. The largest absolute Gasteiger partial charge is 0.469 e. The Morgan fingerprint density at radius 1 is 1.22 bits per heavy atom. The fourth-order valence-corrected chi connectivity index (χ4v) is 5.45. The number of halogens is 1. The molecule has 2 bridgehead atoms. The van der Waals surface area contributed by atoms with Gasteiger partial charge in [-0.2, -0.15) is 0 Å². The standard InChI is InChI=1S/C24H26ClN7O5/c1-13(15-5-4-8-26-18(15)25)37-22(35)28-19-17(30-31-32(19)2)16-7-6-14(9-27-16)20(33)29-24-10-23(11-24,12-24)21(34)36-3/h4-9,13,20,29,33H,10-12H2,1-3H3,(H,28,35)/t13-,20?,23?,24?/m1/s1. The number of aliphatic hydroxyl groups excluding tert-OH is 1. The Morgan fingerprint density at radius 2 is 1.97 bits per heavy atom. The Kier molecular flexibility index (Phi) is 6.34. The summed E-state index contributed by atoms with van der Waals surface area (Å²) in [4.78, 5) is 32.9. The molecular weight excluding hydrogens is 502 g/mol. The number of nitrogens with zero attached hydrogens (tertiary/aromatic N) is 5. The zero-order valence-electron chi connectivity index (χ0n) is 20.4. The Hall–Kier alpha value is -3.61. The fourth-order valence-electron chi connectivity index (χ4n) is 5.18. The number of esters is 1. The molecule has 12 nitrogen and oxygen atoms in total. The van der Waals surface area contributed by atoms with E-state index in [1.54, 1.807) is 44.4 Å². The fraction of sp³-hybridized carbons (Fsp3) is 0.417. The Balaban J connectivity index is 1.22. The lowest BCUT2D eigenvalue weighted by molar-refractivity contribution is -0.209. The molecule has 0 saturated heterocycles. The summed E-state index contributed by atoms with van der Waals surface area (Å²) >= 11 is 6.09. The molecule has 3 saturated carbocycles. The molecular formula is C24H26ClN7O5. The first-order valence-electron chi connectivity index (χ1n) is 11.6. The molecule has 0 aliphatic heterocycles. The van der Waals surface area contributed by atoms with Crippen LogP contribution in [0.1, 0.15) is 49.6 Å². The second-order valence-corrected chi connectivity index (χ2v) is 9.93. The summed E-state index contributed by atoms with van der Waals surface area (Å²) in [6, 6.07) is 6.82. The molecule has 1 amide bonds. The zero-order valence-corrected chi connectivity index (χ0v) is 21.2. The number of aromatic nitrogens is 5. The molecule has 194 valence electrons. The van der Waals surface area contributed by atoms with Gasteiger partial charge in [0.25, 0.3) is 0 Å². The molecule has 13 heteroatoms. The lowest BCUT2D eigenvalue weighted by atomic mass is 9.39. The van der Waals surface area contributed by atoms with Crippen molar-refractivity contribution in [2.75, 3.05) is 12.4 Å². The predicted octanol–water partition coefficient (Wildman–Crippen LogP) is 2.91. The average Bonchev–Trinajstić information content (AvgIpc) is 3.19. The number of aryl methyl sites for hydroxylation is 1. The number of rotatable bonds is 8. The highest BCUT2D eigenvalue weighted by Crippen LogP contribution is 2.68. The quantitative estimate of drug-likeness (QED) is 0.226. The molecule has 3 N–H and O–H groups in total. The van der Waals surface area contributed by atoms with E-state index in [9.17, 15) is 14.7 Å². The number of anilines is 1. The number of amides is 1. The normalized spacial score (nSPS) is 23.3. The van der Waals surface area contributed by atoms with E-state index in [2.05, 4.69) is 30.9 Å². The van der Waals surface area contributed by atoms with Crippen LogP contribution in [0.25, 0.3) is 11.4 Å². The Bertz CT molecular complexity index is 1330. The van der Waals surface area contributed by atoms with Gasteiger partial charge < -0.3 is 14.6 Å². The molecule has 3 aromatic rings. The second kappa shape index (κ2) is 9.36. The molecule has 3 aliphatic carbocycles. The van der Waals surface area contributed by atoms with Crippen molar-refractivity contribution in [2.24, 2.45) is 12.5 Å². The monoisotopic (exact) mass is 527 g/mol. The molecule has 0 radical (unpaired) electrons. The smallest absolute Gasteiger partial charge is 0.413 e. The van der Waals surface area contributed by atoms with Gasteiger partial charge in [-0.05, 0) is 38.3 Å². The third-order valence-corrected chi connectivity index (χ3v) is 7.31. The van der Waals surface area contributed by atoms with Gasteiger partial charge in [-0.25, -0.2) is 14.5 Å². The minimum atomic E-state index is -0.951. The third kappa shape index (κ3) is 4.52. The molecule has 2 atom stereocenters. The van der Waals surface area contributed by atoms with Gasteiger partial charge in [0.15, 0.2) is 11.5 Å². The first-order valence-corrected chi connectivity index (χ1v) is 12.0. The van der Waals surface area contributed by atoms with Crippen LogP contribution >= 0.6 is 11.6 Å². The van der Waals surface area contributed by atoms with Gasteiger partial charge in [-0.3, -0.25) is 20.4 Å². The van der Waals surface area contributed by atoms with Gasteiger partial charge in [0.05, 0.1) is 18.2 Å². The molecule has 0 spiro atoms. The van der Waals surface area contributed by atoms with Crippen molar-refractivity contribution in [3.8, 4) is 11.4 Å². The van der Waals surface area contributed by atoms with E-state index >= 15 is 0 Å². The van der Waals surface area contributed by atoms with Crippen LogP contribution in [-0.4, -0.2) is 54.8 Å². The number of hydrogen-bond acceptors (Lipinski definition) is 10. The summed E-state index contributed by atoms with van der Waals surface area (Å²) in [5, 5.41) is 24.9. The van der Waals surface area contributed by atoms with Crippen LogP contribution in [0, 0.1) is 5.41 Å². The lowest BCUT2D eigenvalue weighted by Crippen LogP contribution is -2.76. The van der Waals surface area contributed by atoms with Gasteiger partial charge in [-0.1, -0.05) is 28.9 Å². The van der Waals surface area contributed by atoms with E-state index in [-0.39, 0.29) is 22.5 Å². The maximum atomic E-state index is 12.6. The van der Waals surface area contributed by atoms with Crippen LogP contribution in [0.5, 0.6) is 0 Å². The molecule has 1 unspecified atom stereocenters. The summed E-state index contributed by atoms with van der Waals surface area (Å²) in [6.45, 7) is 1.69. The molecule has 6 rings (SSSR count). The molecule has 3 aliphatic rings. The summed E-state index contributed by atoms with van der Waals surface area (Å²) < 4.78 is 11.7. The number of aliphatic hydroxyl groups is 1. The number of methoxy groups -OCH3 is 1. The minimum absolute atomic E-state index is 0.190. The Morgan fingerprint density at radius 3 is 2.62 bits per heavy atom. The second-order valence-electron chi connectivity index (χ2n) is 9.57. The van der Waals surface area contributed by atoms with Crippen molar-refractivity contribution >= 4 is 29.5 Å². The number of ether oxygens (including phenoxy) is 2. The van der Waals surface area contributed by atoms with Gasteiger partial charge in [0.2, 0.25) is 0 Å². The van der Waals surface area contributed by atoms with Crippen LogP contribution < -0.4 is 10.6 Å². The van der Waals surface area contributed by atoms with Crippen LogP contribution in [0.4, 0.5) is 10.6 Å². The van der Waals surface area contributed by atoms with E-state index in [0.29, 0.717) is 41.8 Å². The first kappa shape index (κ1) is 25.1. The van der Waals surface area contributed by atoms with Crippen LogP contribution in [-0.2, 0) is 21.3 Å². The van der Waals surface area contributed by atoms with E-state index in [4.69, 9.17) is 21.1 Å². The molecule has 37 heavy (non-hydrogen) atoms. The maximum Gasteiger partial charge on any atom is 0.413 e. The first-order chi connectivity index (χ1) is 17.7. The van der Waals surface area contributed by atoms with Crippen molar-refractivity contribution in [2.45, 2.75) is 44.1 Å². The highest BCUT2D eigenvalue weighted by molar-refractivity contribution is 6.30. The van der Waals surface area contributed by atoms with Crippen molar-refractivity contribution < 1.29 is 24.2 Å². The van der Waals surface area contributed by atoms with E-state index in [1.165, 1.54) is 18.0 Å². The van der Waals surface area contributed by atoms with E-state index in [1.807, 2.05) is 0 Å². The minimum Gasteiger partial charge on any atom is -0.469 e. The van der Waals surface area contributed by atoms with Crippen molar-refractivity contribution in [1.29, 1.82) is 0 Å². The van der Waals surface area contributed by atoms with E-state index in [0.717, 1.165) is 0 Å². The summed E-state index contributed by atoms with van der Waals surface area (Å²) in [7, 11) is 3.02. The summed E-state index contributed by atoms with van der Waals surface area (Å²) in [5.41, 5.74) is 1.25. The lowest BCUT2D eigenvalue weighted by Gasteiger charge is -2.69. The predicted molar refractivity (Wildman–Crippen MR) is 131 cm³/mol. The number of carbonyl (C=O) groups is 2. The number of pyridine rings is 2. The van der Waals surface area contributed by atoms with Gasteiger partial charge in [0.1, 0.15) is 17.5 Å². The molecule has 3 heterocycles. The van der Waals surface area contributed by atoms with Crippen molar-refractivity contribution in [1.82, 2.24) is 30.3 Å². The topological polar surface area (TPSA) is 153 Å². The van der Waals surface area contributed by atoms with Crippen molar-refractivity contribution in [3.05, 3.63) is 52.9 Å². The van der Waals surface area contributed by atoms with Crippen molar-refractivity contribution in [3.63, 3.8) is 0 Å². The highest BCUT2D eigenvalue weighted by atomic mass is 35.5. The SMILES string of the molecule is COC(=O)C12CC(NC(O)c3ccc(-c4nnn(C)c4NC(=O)O[C@H](C)c4cccnc4Cl)nc3)(C1)C2.